The first kappa shape index (κ1) is 18.8. The van der Waals surface area contributed by atoms with Crippen LogP contribution in [0.3, 0.4) is 0 Å². The summed E-state index contributed by atoms with van der Waals surface area (Å²) in [5, 5.41) is 5.53. The van der Waals surface area contributed by atoms with Crippen molar-refractivity contribution in [1.82, 2.24) is 10.3 Å². The zero-order valence-electron chi connectivity index (χ0n) is 13.7. The van der Waals surface area contributed by atoms with Crippen molar-refractivity contribution in [3.8, 4) is 0 Å². The van der Waals surface area contributed by atoms with Crippen molar-refractivity contribution in [2.45, 2.75) is 12.7 Å². The molecule has 3 aromatic rings. The van der Waals surface area contributed by atoms with Crippen molar-refractivity contribution in [3.05, 3.63) is 77.0 Å². The van der Waals surface area contributed by atoms with Crippen molar-refractivity contribution < 1.29 is 22.4 Å². The number of furan rings is 1. The van der Waals surface area contributed by atoms with E-state index in [-0.39, 0.29) is 22.9 Å². The van der Waals surface area contributed by atoms with E-state index in [1.807, 2.05) is 0 Å². The van der Waals surface area contributed by atoms with E-state index >= 15 is 0 Å². The van der Waals surface area contributed by atoms with Crippen LogP contribution in [0, 0.1) is 0 Å². The molecule has 0 saturated carbocycles. The van der Waals surface area contributed by atoms with Gasteiger partial charge in [0.1, 0.15) is 11.5 Å². The van der Waals surface area contributed by atoms with Gasteiger partial charge in [0.15, 0.2) is 0 Å². The quantitative estimate of drug-likeness (QED) is 0.636. The minimum Gasteiger partial charge on any atom is -0.467 e. The van der Waals surface area contributed by atoms with E-state index in [9.17, 15) is 18.0 Å². The van der Waals surface area contributed by atoms with E-state index in [2.05, 4.69) is 15.6 Å². The fourth-order valence-corrected chi connectivity index (χ4v) is 2.39. The third-order valence-corrected chi connectivity index (χ3v) is 3.90. The largest absolute Gasteiger partial charge is 0.467 e. The summed E-state index contributed by atoms with van der Waals surface area (Å²) in [7, 11) is 0. The van der Waals surface area contributed by atoms with Crippen LogP contribution in [0.2, 0.25) is 5.02 Å². The number of nitrogens with one attached hydrogen (secondary N) is 2. The number of hydrogen-bond donors (Lipinski definition) is 2. The molecule has 0 fully saturated rings. The lowest BCUT2D eigenvalue weighted by molar-refractivity contribution is -0.137. The lowest BCUT2D eigenvalue weighted by atomic mass is 10.2. The number of carbonyl (C=O) groups excluding carboxylic acids is 1. The molecule has 0 aliphatic carbocycles. The van der Waals surface area contributed by atoms with Gasteiger partial charge in [-0.15, -0.1) is 0 Å². The number of anilines is 2. The molecule has 0 bridgehead atoms. The normalized spacial score (nSPS) is 11.3. The number of carbonyl (C=O) groups is 1. The molecule has 2 aromatic heterocycles. The summed E-state index contributed by atoms with van der Waals surface area (Å²) < 4.78 is 43.6. The van der Waals surface area contributed by atoms with Crippen molar-refractivity contribution in [1.29, 1.82) is 0 Å². The average Bonchev–Trinajstić information content (AvgIpc) is 3.15. The maximum Gasteiger partial charge on any atom is 0.416 e. The minimum atomic E-state index is -4.48. The number of amides is 1. The van der Waals surface area contributed by atoms with E-state index in [1.165, 1.54) is 24.6 Å². The number of aromatic nitrogens is 1. The molecule has 0 unspecified atom stereocenters. The first-order chi connectivity index (χ1) is 12.8. The summed E-state index contributed by atoms with van der Waals surface area (Å²) in [4.78, 5) is 16.0. The van der Waals surface area contributed by atoms with Gasteiger partial charge in [0.2, 0.25) is 0 Å². The zero-order valence-corrected chi connectivity index (χ0v) is 14.4. The second kappa shape index (κ2) is 7.71. The van der Waals surface area contributed by atoms with Crippen LogP contribution in [0.5, 0.6) is 0 Å². The van der Waals surface area contributed by atoms with Gasteiger partial charge >= 0.3 is 6.18 Å². The van der Waals surface area contributed by atoms with Crippen LogP contribution < -0.4 is 10.6 Å². The van der Waals surface area contributed by atoms with Crippen molar-refractivity contribution >= 4 is 28.9 Å². The van der Waals surface area contributed by atoms with Crippen molar-refractivity contribution in [2.24, 2.45) is 0 Å². The molecule has 2 heterocycles. The zero-order chi connectivity index (χ0) is 19.4. The number of alkyl halides is 3. The first-order valence-electron chi connectivity index (χ1n) is 7.73. The SMILES string of the molecule is O=C(NCc1ccco1)c1ccc(Nc2cc(C(F)(F)F)ccc2Cl)cn1. The van der Waals surface area contributed by atoms with Gasteiger partial charge in [-0.1, -0.05) is 11.6 Å². The molecular weight excluding hydrogens is 383 g/mol. The summed E-state index contributed by atoms with van der Waals surface area (Å²) in [5.41, 5.74) is -0.194. The molecule has 0 radical (unpaired) electrons. The highest BCUT2D eigenvalue weighted by atomic mass is 35.5. The Hall–Kier alpha value is -3.00. The van der Waals surface area contributed by atoms with Gasteiger partial charge < -0.3 is 15.1 Å². The maximum absolute atomic E-state index is 12.8. The predicted octanol–water partition coefficient (Wildman–Crippen LogP) is 5.02. The number of nitrogens with zero attached hydrogens (tertiary/aromatic N) is 1. The van der Waals surface area contributed by atoms with Crippen LogP contribution in [0.1, 0.15) is 21.8 Å². The molecule has 140 valence electrons. The Kier molecular flexibility index (Phi) is 5.36. The maximum atomic E-state index is 12.8. The van der Waals surface area contributed by atoms with Gasteiger partial charge in [0.05, 0.1) is 41.0 Å². The molecular formula is C18H13ClF3N3O2. The first-order valence-corrected chi connectivity index (χ1v) is 8.11. The van der Waals surface area contributed by atoms with Crippen molar-refractivity contribution in [2.75, 3.05) is 5.32 Å². The molecule has 1 aromatic carbocycles. The molecule has 5 nitrogen and oxygen atoms in total. The summed E-state index contributed by atoms with van der Waals surface area (Å²) in [6.07, 6.45) is -1.65. The van der Waals surface area contributed by atoms with Crippen LogP contribution in [-0.4, -0.2) is 10.9 Å². The third kappa shape index (κ3) is 4.79. The van der Waals surface area contributed by atoms with Crippen LogP contribution in [0.4, 0.5) is 24.5 Å². The molecule has 9 heteroatoms. The van der Waals surface area contributed by atoms with E-state index in [0.29, 0.717) is 11.4 Å². The van der Waals surface area contributed by atoms with Crippen LogP contribution >= 0.6 is 11.6 Å². The molecule has 0 aliphatic heterocycles. The molecule has 1 amide bonds. The molecule has 2 N–H and O–H groups in total. The van der Waals surface area contributed by atoms with E-state index in [4.69, 9.17) is 16.0 Å². The fourth-order valence-electron chi connectivity index (χ4n) is 2.23. The second-order valence-corrected chi connectivity index (χ2v) is 5.92. The second-order valence-electron chi connectivity index (χ2n) is 5.51. The van der Waals surface area contributed by atoms with Gasteiger partial charge in [-0.2, -0.15) is 13.2 Å². The van der Waals surface area contributed by atoms with Gasteiger partial charge in [-0.3, -0.25) is 4.79 Å². The van der Waals surface area contributed by atoms with Crippen LogP contribution in [0.25, 0.3) is 0 Å². The molecule has 0 atom stereocenters. The van der Waals surface area contributed by atoms with Gasteiger partial charge in [0.25, 0.3) is 5.91 Å². The highest BCUT2D eigenvalue weighted by molar-refractivity contribution is 6.33. The Morgan fingerprint density at radius 2 is 2.00 bits per heavy atom. The Bertz CT molecular complexity index is 926. The van der Waals surface area contributed by atoms with Crippen LogP contribution in [-0.2, 0) is 12.7 Å². The number of rotatable bonds is 5. The molecule has 27 heavy (non-hydrogen) atoms. The highest BCUT2D eigenvalue weighted by Crippen LogP contribution is 2.34. The molecule has 0 saturated heterocycles. The van der Waals surface area contributed by atoms with Gasteiger partial charge in [-0.05, 0) is 42.5 Å². The fraction of sp³-hybridized carbons (Fsp3) is 0.111. The molecule has 0 spiro atoms. The van der Waals surface area contributed by atoms with Crippen molar-refractivity contribution in [3.63, 3.8) is 0 Å². The summed E-state index contributed by atoms with van der Waals surface area (Å²) >= 11 is 5.94. The Morgan fingerprint density at radius 3 is 2.63 bits per heavy atom. The third-order valence-electron chi connectivity index (χ3n) is 3.57. The summed E-state index contributed by atoms with van der Waals surface area (Å²) in [5.74, 6) is 0.191. The topological polar surface area (TPSA) is 67.2 Å². The number of benzene rings is 1. The lowest BCUT2D eigenvalue weighted by Gasteiger charge is -2.12. The highest BCUT2D eigenvalue weighted by Gasteiger charge is 2.31. The van der Waals surface area contributed by atoms with E-state index < -0.39 is 17.6 Å². The molecule has 3 rings (SSSR count). The van der Waals surface area contributed by atoms with Gasteiger partial charge in [0, 0.05) is 0 Å². The lowest BCUT2D eigenvalue weighted by Crippen LogP contribution is -2.23. The predicted molar refractivity (Wildman–Crippen MR) is 93.9 cm³/mol. The standard InChI is InChI=1S/C18H13ClF3N3O2/c19-14-5-3-11(18(20,21)22)8-16(14)25-12-4-6-15(23-9-12)17(26)24-10-13-2-1-7-27-13/h1-9,25H,10H2,(H,24,26). The summed E-state index contributed by atoms with van der Waals surface area (Å²) in [6.45, 7) is 0.216. The number of halogens is 4. The van der Waals surface area contributed by atoms with E-state index in [0.717, 1.165) is 18.2 Å². The smallest absolute Gasteiger partial charge is 0.416 e. The average molecular weight is 396 g/mol. The number of pyridine rings is 1. The molecule has 0 aliphatic rings. The monoisotopic (exact) mass is 395 g/mol. The summed E-state index contributed by atoms with van der Waals surface area (Å²) in [6, 6.07) is 9.37. The van der Waals surface area contributed by atoms with E-state index in [1.54, 1.807) is 12.1 Å². The Labute approximate surface area is 157 Å². The Balaban J connectivity index is 1.68. The number of hydrogen-bond acceptors (Lipinski definition) is 4. The Morgan fingerprint density at radius 1 is 1.19 bits per heavy atom. The van der Waals surface area contributed by atoms with Crippen LogP contribution in [0.15, 0.2) is 59.3 Å². The van der Waals surface area contributed by atoms with Gasteiger partial charge in [-0.25, -0.2) is 4.98 Å². The minimum absolute atomic E-state index is 0.0864.